The summed E-state index contributed by atoms with van der Waals surface area (Å²) in [6.07, 6.45) is 68.5. The van der Waals surface area contributed by atoms with Gasteiger partial charge in [0.2, 0.25) is 0 Å². The van der Waals surface area contributed by atoms with Crippen molar-refractivity contribution >= 4 is 17.9 Å². The third-order valence-corrected chi connectivity index (χ3v) is 11.4. The first kappa shape index (κ1) is 61.6. The lowest BCUT2D eigenvalue weighted by atomic mass is 10.0. The minimum absolute atomic E-state index is 0.0853. The number of carbonyl (C=O) groups is 3. The van der Waals surface area contributed by atoms with Crippen LogP contribution in [0.4, 0.5) is 0 Å². The highest BCUT2D eigenvalue weighted by molar-refractivity contribution is 5.71. The quantitative estimate of drug-likeness (QED) is 0.0262. The second-order valence-corrected chi connectivity index (χ2v) is 17.7. The molecule has 0 aliphatic rings. The van der Waals surface area contributed by atoms with E-state index in [4.69, 9.17) is 14.2 Å². The number of hydrogen-bond acceptors (Lipinski definition) is 6. The van der Waals surface area contributed by atoms with Gasteiger partial charge in [-0.05, 0) is 89.9 Å². The molecule has 65 heavy (non-hydrogen) atoms. The number of esters is 3. The molecule has 6 nitrogen and oxygen atoms in total. The van der Waals surface area contributed by atoms with Gasteiger partial charge in [-0.1, -0.05) is 228 Å². The Balaban J connectivity index is 4.41. The fourth-order valence-electron chi connectivity index (χ4n) is 7.39. The highest BCUT2D eigenvalue weighted by Crippen LogP contribution is 2.15. The van der Waals surface area contributed by atoms with Crippen molar-refractivity contribution in [2.24, 2.45) is 0 Å². The molecule has 0 spiro atoms. The van der Waals surface area contributed by atoms with Gasteiger partial charge in [0, 0.05) is 19.3 Å². The van der Waals surface area contributed by atoms with Gasteiger partial charge in [0.15, 0.2) is 6.10 Å². The minimum atomic E-state index is -0.788. The smallest absolute Gasteiger partial charge is 0.306 e. The van der Waals surface area contributed by atoms with E-state index >= 15 is 0 Å². The van der Waals surface area contributed by atoms with Crippen molar-refractivity contribution in [2.75, 3.05) is 13.2 Å². The maximum atomic E-state index is 12.8. The molecule has 0 radical (unpaired) electrons. The van der Waals surface area contributed by atoms with E-state index in [0.29, 0.717) is 19.3 Å². The summed E-state index contributed by atoms with van der Waals surface area (Å²) in [5.41, 5.74) is 0. The molecule has 0 aromatic heterocycles. The third kappa shape index (κ3) is 51.4. The molecule has 0 rings (SSSR count). The number of rotatable bonds is 48. The van der Waals surface area contributed by atoms with E-state index in [-0.39, 0.29) is 31.1 Å². The zero-order valence-electron chi connectivity index (χ0n) is 42.5. The molecule has 1 unspecified atom stereocenters. The summed E-state index contributed by atoms with van der Waals surface area (Å²) in [4.78, 5) is 38.1. The summed E-state index contributed by atoms with van der Waals surface area (Å²) in [5, 5.41) is 0. The first-order chi connectivity index (χ1) is 32.0. The molecule has 0 amide bonds. The van der Waals surface area contributed by atoms with Crippen molar-refractivity contribution in [3.63, 3.8) is 0 Å². The second kappa shape index (κ2) is 53.2. The Labute approximate surface area is 401 Å². The van der Waals surface area contributed by atoms with Gasteiger partial charge in [0.1, 0.15) is 13.2 Å². The Morgan fingerprint density at radius 1 is 0.323 bits per heavy atom. The van der Waals surface area contributed by atoms with Crippen LogP contribution in [0.15, 0.2) is 85.1 Å². The molecular weight excluding hydrogens is 805 g/mol. The highest BCUT2D eigenvalue weighted by atomic mass is 16.6. The van der Waals surface area contributed by atoms with Crippen LogP contribution in [0.5, 0.6) is 0 Å². The van der Waals surface area contributed by atoms with Crippen LogP contribution in [0, 0.1) is 0 Å². The summed E-state index contributed by atoms with van der Waals surface area (Å²) in [6.45, 7) is 6.39. The topological polar surface area (TPSA) is 78.9 Å². The van der Waals surface area contributed by atoms with E-state index in [1.165, 1.54) is 89.9 Å². The average Bonchev–Trinajstić information content (AvgIpc) is 3.30. The van der Waals surface area contributed by atoms with Crippen LogP contribution < -0.4 is 0 Å². The molecule has 0 aromatic rings. The molecule has 0 saturated heterocycles. The highest BCUT2D eigenvalue weighted by Gasteiger charge is 2.19. The number of ether oxygens (including phenoxy) is 3. The van der Waals surface area contributed by atoms with Gasteiger partial charge in [0.05, 0.1) is 0 Å². The lowest BCUT2D eigenvalue weighted by molar-refractivity contribution is -0.167. The minimum Gasteiger partial charge on any atom is -0.462 e. The van der Waals surface area contributed by atoms with Crippen LogP contribution in [0.25, 0.3) is 0 Å². The number of allylic oxidation sites excluding steroid dienone is 14. The molecule has 0 N–H and O–H groups in total. The predicted octanol–water partition coefficient (Wildman–Crippen LogP) is 18.0. The summed E-state index contributed by atoms with van der Waals surface area (Å²) in [5.74, 6) is -0.910. The van der Waals surface area contributed by atoms with Gasteiger partial charge in [-0.15, -0.1) is 0 Å². The van der Waals surface area contributed by atoms with Crippen LogP contribution in [-0.4, -0.2) is 37.2 Å². The molecule has 372 valence electrons. The maximum absolute atomic E-state index is 12.8. The van der Waals surface area contributed by atoms with Gasteiger partial charge < -0.3 is 14.2 Å². The Bertz CT molecular complexity index is 1270. The Morgan fingerprint density at radius 2 is 0.600 bits per heavy atom. The molecule has 0 heterocycles. The van der Waals surface area contributed by atoms with E-state index < -0.39 is 6.10 Å². The lowest BCUT2D eigenvalue weighted by Crippen LogP contribution is -2.30. The van der Waals surface area contributed by atoms with Crippen molar-refractivity contribution in [3.8, 4) is 0 Å². The predicted molar refractivity (Wildman–Crippen MR) is 279 cm³/mol. The lowest BCUT2D eigenvalue weighted by Gasteiger charge is -2.18. The molecule has 0 aliphatic carbocycles. The van der Waals surface area contributed by atoms with Crippen LogP contribution in [-0.2, 0) is 28.6 Å². The Kier molecular flexibility index (Phi) is 50.4. The summed E-state index contributed by atoms with van der Waals surface area (Å²) < 4.78 is 16.8. The first-order valence-corrected chi connectivity index (χ1v) is 27.1. The van der Waals surface area contributed by atoms with Gasteiger partial charge in [0.25, 0.3) is 0 Å². The van der Waals surface area contributed by atoms with Crippen LogP contribution in [0.2, 0.25) is 0 Å². The molecule has 0 saturated carbocycles. The Hall–Kier alpha value is -3.41. The standard InChI is InChI=1S/C59H100O6/c1-4-7-10-13-16-19-22-25-27-29-30-31-33-34-37-40-43-46-49-52-58(61)64-55-56(54-63-57(60)51-48-45-42-39-36-24-21-18-15-12-9-6-3)65-59(62)53-50-47-44-41-38-35-32-28-26-23-20-17-14-11-8-5-2/h7-8,10-11,16-17,19-20,25-28,30-31,56H,4-6,9,12-15,18,21-24,29,32-55H2,1-3H3/b10-7-,11-8-,19-16-,20-17-,27-25-,28-26-,31-30-. The van der Waals surface area contributed by atoms with E-state index in [1.807, 2.05) is 0 Å². The van der Waals surface area contributed by atoms with Gasteiger partial charge in [-0.2, -0.15) is 0 Å². The van der Waals surface area contributed by atoms with Crippen molar-refractivity contribution in [1.82, 2.24) is 0 Å². The molecule has 0 bridgehead atoms. The van der Waals surface area contributed by atoms with Gasteiger partial charge in [-0.3, -0.25) is 14.4 Å². The monoisotopic (exact) mass is 905 g/mol. The molecule has 0 aliphatic heterocycles. The second-order valence-electron chi connectivity index (χ2n) is 17.7. The van der Waals surface area contributed by atoms with Crippen molar-refractivity contribution in [1.29, 1.82) is 0 Å². The van der Waals surface area contributed by atoms with Crippen molar-refractivity contribution < 1.29 is 28.6 Å². The molecule has 1 atom stereocenters. The largest absolute Gasteiger partial charge is 0.462 e. The zero-order valence-corrected chi connectivity index (χ0v) is 42.5. The van der Waals surface area contributed by atoms with Crippen LogP contribution in [0.1, 0.15) is 252 Å². The van der Waals surface area contributed by atoms with E-state index in [0.717, 1.165) is 122 Å². The zero-order chi connectivity index (χ0) is 47.2. The first-order valence-electron chi connectivity index (χ1n) is 27.1. The van der Waals surface area contributed by atoms with Gasteiger partial charge >= 0.3 is 17.9 Å². The average molecular weight is 905 g/mol. The van der Waals surface area contributed by atoms with Crippen LogP contribution >= 0.6 is 0 Å². The van der Waals surface area contributed by atoms with Crippen molar-refractivity contribution in [2.45, 2.75) is 258 Å². The van der Waals surface area contributed by atoms with Crippen LogP contribution in [0.3, 0.4) is 0 Å². The van der Waals surface area contributed by atoms with E-state index in [1.54, 1.807) is 0 Å². The molecule has 0 fully saturated rings. The number of unbranched alkanes of at least 4 members (excludes halogenated alkanes) is 23. The fourth-order valence-corrected chi connectivity index (χ4v) is 7.39. The SMILES string of the molecule is CC/C=C\C/C=C\C/C=C\C/C=C\CCCCCCCCC(=O)OCC(COC(=O)CCCCCCCCCCCCCC)OC(=O)CCCCCCCC/C=C\C/C=C\C/C=C\CC. The van der Waals surface area contributed by atoms with E-state index in [2.05, 4.69) is 106 Å². The van der Waals surface area contributed by atoms with Gasteiger partial charge in [-0.25, -0.2) is 0 Å². The summed E-state index contributed by atoms with van der Waals surface area (Å²) in [7, 11) is 0. The number of carbonyl (C=O) groups excluding carboxylic acids is 3. The molecule has 0 aromatic carbocycles. The Morgan fingerprint density at radius 3 is 0.938 bits per heavy atom. The molecular formula is C59H100O6. The summed E-state index contributed by atoms with van der Waals surface area (Å²) in [6, 6.07) is 0. The van der Waals surface area contributed by atoms with Crippen molar-refractivity contribution in [3.05, 3.63) is 85.1 Å². The maximum Gasteiger partial charge on any atom is 0.306 e. The summed E-state index contributed by atoms with van der Waals surface area (Å²) >= 11 is 0. The third-order valence-electron chi connectivity index (χ3n) is 11.4. The normalized spacial score (nSPS) is 12.7. The fraction of sp³-hybridized carbons (Fsp3) is 0.712. The number of hydrogen-bond donors (Lipinski definition) is 0. The van der Waals surface area contributed by atoms with E-state index in [9.17, 15) is 14.4 Å². The molecule has 6 heteroatoms.